The van der Waals surface area contributed by atoms with Crippen molar-refractivity contribution in [3.05, 3.63) is 0 Å². The number of hydrogen-bond acceptors (Lipinski definition) is 2. The van der Waals surface area contributed by atoms with Crippen LogP contribution in [0.4, 0.5) is 0 Å². The fraction of sp³-hybridized carbons (Fsp3) is 1.00. The summed E-state index contributed by atoms with van der Waals surface area (Å²) >= 11 is 4.76. The van der Waals surface area contributed by atoms with Gasteiger partial charge in [-0.25, -0.2) is 0 Å². The van der Waals surface area contributed by atoms with Crippen LogP contribution in [0.5, 0.6) is 0 Å². The Balaban J connectivity index is 1.68. The minimum Gasteiger partial charge on any atom is -0.153 e. The van der Waals surface area contributed by atoms with Crippen LogP contribution < -0.4 is 0 Å². The molecule has 4 unspecified atom stereocenters. The van der Waals surface area contributed by atoms with Gasteiger partial charge in [0.05, 0.1) is 0 Å². The van der Waals surface area contributed by atoms with Crippen LogP contribution in [0.15, 0.2) is 0 Å². The summed E-state index contributed by atoms with van der Waals surface area (Å²) in [5.74, 6) is 0. The predicted molar refractivity (Wildman–Crippen MR) is 67.3 cm³/mol. The van der Waals surface area contributed by atoms with Gasteiger partial charge < -0.3 is 0 Å². The molecule has 0 aromatic rings. The lowest BCUT2D eigenvalue weighted by Crippen LogP contribution is -2.39. The summed E-state index contributed by atoms with van der Waals surface area (Å²) in [6, 6.07) is 0. The molecule has 0 N–H and O–H groups in total. The lowest BCUT2D eigenvalue weighted by atomic mass is 9.98. The van der Waals surface area contributed by atoms with E-state index in [4.69, 9.17) is 0 Å². The SMILES string of the molecule is C1CCC2SC3CCCCC3SC2C1. The first kappa shape index (κ1) is 9.89. The van der Waals surface area contributed by atoms with Gasteiger partial charge in [0.2, 0.25) is 0 Å². The molecular formula is C12H20S2. The molecule has 0 amide bonds. The van der Waals surface area contributed by atoms with E-state index in [2.05, 4.69) is 23.5 Å². The van der Waals surface area contributed by atoms with E-state index < -0.39 is 0 Å². The second kappa shape index (κ2) is 4.29. The van der Waals surface area contributed by atoms with Crippen molar-refractivity contribution in [1.29, 1.82) is 0 Å². The zero-order valence-corrected chi connectivity index (χ0v) is 10.4. The van der Waals surface area contributed by atoms with Gasteiger partial charge in [-0.05, 0) is 25.7 Å². The van der Waals surface area contributed by atoms with Gasteiger partial charge in [0, 0.05) is 21.0 Å². The van der Waals surface area contributed by atoms with Crippen molar-refractivity contribution >= 4 is 23.5 Å². The van der Waals surface area contributed by atoms with E-state index in [9.17, 15) is 0 Å². The largest absolute Gasteiger partial charge is 0.153 e. The Bertz CT molecular complexity index is 162. The molecule has 3 aliphatic rings. The Labute approximate surface area is 96.0 Å². The van der Waals surface area contributed by atoms with E-state index in [1.54, 1.807) is 0 Å². The van der Waals surface area contributed by atoms with Crippen molar-refractivity contribution in [2.75, 3.05) is 0 Å². The van der Waals surface area contributed by atoms with E-state index in [1.807, 2.05) is 0 Å². The second-order valence-corrected chi connectivity index (χ2v) is 7.96. The summed E-state index contributed by atoms with van der Waals surface area (Å²) in [6.45, 7) is 0. The van der Waals surface area contributed by atoms with Gasteiger partial charge in [-0.15, -0.1) is 0 Å². The van der Waals surface area contributed by atoms with Gasteiger partial charge in [-0.3, -0.25) is 0 Å². The van der Waals surface area contributed by atoms with Crippen molar-refractivity contribution in [1.82, 2.24) is 0 Å². The molecule has 0 radical (unpaired) electrons. The maximum absolute atomic E-state index is 2.38. The molecule has 80 valence electrons. The number of thioether (sulfide) groups is 2. The highest BCUT2D eigenvalue weighted by Crippen LogP contribution is 2.51. The maximum Gasteiger partial charge on any atom is 0.0169 e. The van der Waals surface area contributed by atoms with E-state index in [0.717, 1.165) is 21.0 Å². The van der Waals surface area contributed by atoms with Crippen LogP contribution in [0.1, 0.15) is 51.4 Å². The Hall–Kier alpha value is 0.700. The molecule has 3 fully saturated rings. The molecule has 0 nitrogen and oxygen atoms in total. The Morgan fingerprint density at radius 1 is 0.500 bits per heavy atom. The lowest BCUT2D eigenvalue weighted by molar-refractivity contribution is 0.486. The van der Waals surface area contributed by atoms with E-state index in [-0.39, 0.29) is 0 Å². The van der Waals surface area contributed by atoms with Crippen LogP contribution in [0, 0.1) is 0 Å². The Kier molecular flexibility index (Phi) is 3.03. The molecule has 3 rings (SSSR count). The Morgan fingerprint density at radius 2 is 0.786 bits per heavy atom. The molecule has 0 bridgehead atoms. The zero-order valence-electron chi connectivity index (χ0n) is 8.78. The quantitative estimate of drug-likeness (QED) is 0.612. The molecule has 2 saturated carbocycles. The number of fused-ring (bicyclic) bond motifs is 2. The van der Waals surface area contributed by atoms with Gasteiger partial charge in [0.15, 0.2) is 0 Å². The van der Waals surface area contributed by atoms with E-state index >= 15 is 0 Å². The lowest BCUT2D eigenvalue weighted by Gasteiger charge is -2.45. The smallest absolute Gasteiger partial charge is 0.0169 e. The van der Waals surface area contributed by atoms with Crippen molar-refractivity contribution in [3.63, 3.8) is 0 Å². The average molecular weight is 228 g/mol. The number of hydrogen-bond donors (Lipinski definition) is 0. The van der Waals surface area contributed by atoms with Gasteiger partial charge in [0.25, 0.3) is 0 Å². The third-order valence-corrected chi connectivity index (χ3v) is 7.98. The summed E-state index contributed by atoms with van der Waals surface area (Å²) in [6.07, 6.45) is 12.1. The molecule has 2 heteroatoms. The van der Waals surface area contributed by atoms with E-state index in [0.29, 0.717) is 0 Å². The monoisotopic (exact) mass is 228 g/mol. The third-order valence-electron chi connectivity index (χ3n) is 3.98. The first-order valence-electron chi connectivity index (χ1n) is 6.24. The minimum atomic E-state index is 1.04. The first-order chi connectivity index (χ1) is 6.93. The van der Waals surface area contributed by atoms with Crippen molar-refractivity contribution in [2.45, 2.75) is 72.4 Å². The fourth-order valence-corrected chi connectivity index (χ4v) is 7.32. The second-order valence-electron chi connectivity index (χ2n) is 4.99. The fourth-order valence-electron chi connectivity index (χ4n) is 3.20. The van der Waals surface area contributed by atoms with Crippen molar-refractivity contribution < 1.29 is 0 Å². The van der Waals surface area contributed by atoms with Crippen molar-refractivity contribution in [3.8, 4) is 0 Å². The standard InChI is InChI=1S/C12H20S2/c1-2-6-10-9(5-1)13-11-7-3-4-8-12(11)14-10/h9-12H,1-8H2. The molecule has 1 heterocycles. The van der Waals surface area contributed by atoms with Crippen LogP contribution in [0.25, 0.3) is 0 Å². The molecule has 2 aliphatic carbocycles. The molecule has 1 saturated heterocycles. The zero-order chi connectivity index (χ0) is 9.38. The van der Waals surface area contributed by atoms with Crippen LogP contribution in [-0.4, -0.2) is 21.0 Å². The maximum atomic E-state index is 2.38. The molecule has 0 aromatic heterocycles. The minimum absolute atomic E-state index is 1.04. The number of rotatable bonds is 0. The van der Waals surface area contributed by atoms with Crippen LogP contribution >= 0.6 is 23.5 Å². The molecule has 0 aromatic carbocycles. The predicted octanol–water partition coefficient (Wildman–Crippen LogP) is 4.09. The van der Waals surface area contributed by atoms with Crippen LogP contribution in [0.2, 0.25) is 0 Å². The van der Waals surface area contributed by atoms with Gasteiger partial charge >= 0.3 is 0 Å². The molecule has 1 aliphatic heterocycles. The first-order valence-corrected chi connectivity index (χ1v) is 8.13. The highest BCUT2D eigenvalue weighted by Gasteiger charge is 2.39. The summed E-state index contributed by atoms with van der Waals surface area (Å²) < 4.78 is 0. The highest BCUT2D eigenvalue weighted by atomic mass is 32.2. The topological polar surface area (TPSA) is 0 Å². The van der Waals surface area contributed by atoms with Gasteiger partial charge in [-0.2, -0.15) is 23.5 Å². The van der Waals surface area contributed by atoms with E-state index in [1.165, 1.54) is 51.4 Å². The summed E-state index contributed by atoms with van der Waals surface area (Å²) in [5, 5.41) is 4.14. The van der Waals surface area contributed by atoms with Crippen LogP contribution in [0.3, 0.4) is 0 Å². The molecule has 4 atom stereocenters. The molecular weight excluding hydrogens is 208 g/mol. The molecule has 14 heavy (non-hydrogen) atoms. The molecule has 0 spiro atoms. The normalized spacial score (nSPS) is 48.0. The van der Waals surface area contributed by atoms with Crippen molar-refractivity contribution in [2.24, 2.45) is 0 Å². The highest BCUT2D eigenvalue weighted by molar-refractivity contribution is 8.07. The third kappa shape index (κ3) is 1.84. The summed E-state index contributed by atoms with van der Waals surface area (Å²) in [4.78, 5) is 0. The van der Waals surface area contributed by atoms with Gasteiger partial charge in [0.1, 0.15) is 0 Å². The summed E-state index contributed by atoms with van der Waals surface area (Å²) in [7, 11) is 0. The van der Waals surface area contributed by atoms with Gasteiger partial charge in [-0.1, -0.05) is 25.7 Å². The van der Waals surface area contributed by atoms with Crippen LogP contribution in [-0.2, 0) is 0 Å². The Morgan fingerprint density at radius 3 is 1.07 bits per heavy atom. The average Bonchev–Trinajstić information content (AvgIpc) is 2.26. The summed E-state index contributed by atoms with van der Waals surface area (Å²) in [5.41, 5.74) is 0.